The fourth-order valence-corrected chi connectivity index (χ4v) is 5.43. The highest BCUT2D eigenvalue weighted by Gasteiger charge is 2.39. The third-order valence-electron chi connectivity index (χ3n) is 7.89. The fourth-order valence-electron chi connectivity index (χ4n) is 5.43. The molecule has 0 spiro atoms. The maximum atomic E-state index is 14.3. The Labute approximate surface area is 265 Å². The van der Waals surface area contributed by atoms with Crippen LogP contribution in [0.25, 0.3) is 10.9 Å². The number of nitrogens with one attached hydrogen (secondary N) is 3. The molecule has 0 aliphatic carbocycles. The van der Waals surface area contributed by atoms with Gasteiger partial charge in [-0.2, -0.15) is 5.26 Å². The lowest BCUT2D eigenvalue weighted by molar-refractivity contribution is -0.140. The van der Waals surface area contributed by atoms with Crippen LogP contribution in [0.4, 0.5) is 23.2 Å². The Bertz CT molecular complexity index is 1880. The molecule has 10 nitrogen and oxygen atoms in total. The first kappa shape index (κ1) is 32.7. The highest BCUT2D eigenvalue weighted by molar-refractivity contribution is 6.01. The van der Waals surface area contributed by atoms with E-state index in [2.05, 4.69) is 15.6 Å². The summed E-state index contributed by atoms with van der Waals surface area (Å²) in [6.45, 7) is -0.566. The predicted octanol–water partition coefficient (Wildman–Crippen LogP) is 3.90. The van der Waals surface area contributed by atoms with Crippen molar-refractivity contribution in [2.24, 2.45) is 5.92 Å². The molecule has 1 aliphatic heterocycles. The molecule has 3 unspecified atom stereocenters. The van der Waals surface area contributed by atoms with Crippen LogP contribution in [0, 0.1) is 40.5 Å². The molecule has 1 saturated heterocycles. The summed E-state index contributed by atoms with van der Waals surface area (Å²) >= 11 is 0. The molecule has 2 heterocycles. The molecule has 3 atom stereocenters. The molecule has 4 amide bonds. The maximum Gasteiger partial charge on any atom is 0.268 e. The number of benzene rings is 3. The van der Waals surface area contributed by atoms with Gasteiger partial charge in [0.15, 0.2) is 11.6 Å². The highest BCUT2D eigenvalue weighted by Crippen LogP contribution is 2.26. The largest absolute Gasteiger partial charge is 0.348 e. The van der Waals surface area contributed by atoms with Crippen molar-refractivity contribution in [3.63, 3.8) is 0 Å². The number of likely N-dealkylation sites (tertiary alicyclic amines) is 1. The number of carbonyl (C=O) groups excluding carboxylic acids is 4. The van der Waals surface area contributed by atoms with Crippen molar-refractivity contribution in [1.82, 2.24) is 20.1 Å². The van der Waals surface area contributed by atoms with Gasteiger partial charge in [-0.25, -0.2) is 17.6 Å². The minimum Gasteiger partial charge on any atom is -0.348 e. The van der Waals surface area contributed by atoms with Gasteiger partial charge in [-0.3, -0.25) is 19.2 Å². The van der Waals surface area contributed by atoms with E-state index in [4.69, 9.17) is 0 Å². The molecule has 1 aliphatic rings. The van der Waals surface area contributed by atoms with Crippen LogP contribution < -0.4 is 10.6 Å². The third kappa shape index (κ3) is 7.25. The van der Waals surface area contributed by atoms with E-state index in [1.165, 1.54) is 24.1 Å². The minimum atomic E-state index is -1.46. The van der Waals surface area contributed by atoms with Crippen LogP contribution in [0.1, 0.15) is 22.5 Å². The molecule has 0 radical (unpaired) electrons. The van der Waals surface area contributed by atoms with Crippen LogP contribution >= 0.6 is 0 Å². The van der Waals surface area contributed by atoms with E-state index in [0.717, 1.165) is 23.1 Å². The van der Waals surface area contributed by atoms with Crippen LogP contribution in [0.2, 0.25) is 0 Å². The Morgan fingerprint density at radius 1 is 1.02 bits per heavy atom. The Hall–Kier alpha value is -5.71. The van der Waals surface area contributed by atoms with Crippen LogP contribution in [0.5, 0.6) is 0 Å². The molecule has 14 heteroatoms. The van der Waals surface area contributed by atoms with Gasteiger partial charge in [-0.15, -0.1) is 0 Å². The molecule has 1 aromatic heterocycles. The van der Waals surface area contributed by atoms with Gasteiger partial charge in [0.05, 0.1) is 24.0 Å². The molecular formula is C33H28F4N6O4. The number of halogens is 4. The van der Waals surface area contributed by atoms with Gasteiger partial charge in [-0.1, -0.05) is 30.3 Å². The van der Waals surface area contributed by atoms with Crippen LogP contribution in [-0.2, 0) is 20.8 Å². The van der Waals surface area contributed by atoms with Gasteiger partial charge >= 0.3 is 0 Å². The number of aromatic nitrogens is 1. The lowest BCUT2D eigenvalue weighted by Gasteiger charge is -2.27. The molecular weight excluding hydrogens is 620 g/mol. The summed E-state index contributed by atoms with van der Waals surface area (Å²) in [6, 6.07) is 14.9. The van der Waals surface area contributed by atoms with Gasteiger partial charge in [0.25, 0.3) is 5.91 Å². The van der Waals surface area contributed by atoms with Crippen molar-refractivity contribution < 1.29 is 36.7 Å². The molecule has 242 valence electrons. The average molecular weight is 649 g/mol. The van der Waals surface area contributed by atoms with Gasteiger partial charge in [0, 0.05) is 37.2 Å². The van der Waals surface area contributed by atoms with Crippen molar-refractivity contribution in [3.05, 3.63) is 101 Å². The first-order chi connectivity index (χ1) is 22.4. The van der Waals surface area contributed by atoms with Crippen molar-refractivity contribution >= 4 is 40.2 Å². The Morgan fingerprint density at radius 2 is 1.72 bits per heavy atom. The van der Waals surface area contributed by atoms with E-state index in [1.807, 2.05) is 6.07 Å². The molecule has 5 rings (SSSR count). The number of anilines is 1. The van der Waals surface area contributed by atoms with Gasteiger partial charge in [0.1, 0.15) is 29.4 Å². The summed E-state index contributed by atoms with van der Waals surface area (Å²) in [6.07, 6.45) is -0.0648. The Morgan fingerprint density at radius 3 is 2.40 bits per heavy atom. The predicted molar refractivity (Wildman–Crippen MR) is 161 cm³/mol. The normalized spacial score (nSPS) is 16.4. The Balaban J connectivity index is 1.31. The monoisotopic (exact) mass is 648 g/mol. The van der Waals surface area contributed by atoms with E-state index in [0.29, 0.717) is 17.3 Å². The van der Waals surface area contributed by atoms with Crippen LogP contribution in [-0.4, -0.2) is 70.6 Å². The molecule has 4 aromatic rings. The number of nitriles is 1. The summed E-state index contributed by atoms with van der Waals surface area (Å²) in [5.41, 5.74) is 0.0557. The lowest BCUT2D eigenvalue weighted by Crippen LogP contribution is -2.51. The number of amides is 4. The van der Waals surface area contributed by atoms with Crippen molar-refractivity contribution in [3.8, 4) is 6.07 Å². The third-order valence-corrected chi connectivity index (χ3v) is 7.89. The molecule has 3 aromatic carbocycles. The highest BCUT2D eigenvalue weighted by atomic mass is 19.2. The number of para-hydroxylation sites is 1. The number of hydrogen-bond acceptors (Lipinski definition) is 5. The van der Waals surface area contributed by atoms with Crippen molar-refractivity contribution in [1.29, 1.82) is 5.26 Å². The van der Waals surface area contributed by atoms with Crippen molar-refractivity contribution in [2.75, 3.05) is 25.5 Å². The number of hydrogen-bond donors (Lipinski definition) is 3. The second-order valence-electron chi connectivity index (χ2n) is 11.2. The topological polar surface area (TPSA) is 138 Å². The second kappa shape index (κ2) is 13.7. The van der Waals surface area contributed by atoms with Crippen molar-refractivity contribution in [2.45, 2.75) is 24.9 Å². The molecule has 1 fully saturated rings. The smallest absolute Gasteiger partial charge is 0.268 e. The number of fused-ring (bicyclic) bond motifs is 1. The number of carbonyl (C=O) groups is 4. The average Bonchev–Trinajstić information content (AvgIpc) is 3.71. The summed E-state index contributed by atoms with van der Waals surface area (Å²) in [5, 5.41) is 14.6. The van der Waals surface area contributed by atoms with Gasteiger partial charge in [-0.05, 0) is 42.3 Å². The van der Waals surface area contributed by atoms with Crippen LogP contribution in [0.15, 0.2) is 66.7 Å². The van der Waals surface area contributed by atoms with Gasteiger partial charge in [0.2, 0.25) is 17.7 Å². The standard InChI is InChI=1S/C33H28F4N6O4/c1-42(17-28(44)43-16-19(12-22(43)15-38)31(45)39-21-5-3-2-4-6-21)33(47)27(11-18-7-9-20(34)10-8-18)41-32(46)26-13-23-24(35)14-25(36)29(37)30(23)40-26/h2-10,13-14,19,22,27,40H,11-12,16-17H2,1H3,(H,39,45)(H,41,46). The first-order valence-electron chi connectivity index (χ1n) is 14.5. The fraction of sp³-hybridized carbons (Fsp3) is 0.242. The minimum absolute atomic E-state index is 0.0540. The molecule has 47 heavy (non-hydrogen) atoms. The number of rotatable bonds is 9. The number of nitrogens with zero attached hydrogens (tertiary/aromatic N) is 3. The molecule has 0 saturated carbocycles. The number of likely N-dealkylation sites (N-methyl/N-ethyl adjacent to an activating group) is 1. The molecule has 3 N–H and O–H groups in total. The summed E-state index contributed by atoms with van der Waals surface area (Å²) < 4.78 is 55.8. The quantitative estimate of drug-likeness (QED) is 0.187. The number of aromatic amines is 1. The van der Waals surface area contributed by atoms with Crippen LogP contribution in [0.3, 0.4) is 0 Å². The summed E-state index contributed by atoms with van der Waals surface area (Å²) in [4.78, 5) is 57.6. The van der Waals surface area contributed by atoms with E-state index >= 15 is 0 Å². The first-order valence-corrected chi connectivity index (χ1v) is 14.5. The maximum absolute atomic E-state index is 14.3. The summed E-state index contributed by atoms with van der Waals surface area (Å²) in [5.74, 6) is -7.85. The second-order valence-corrected chi connectivity index (χ2v) is 11.2. The zero-order valence-corrected chi connectivity index (χ0v) is 24.9. The summed E-state index contributed by atoms with van der Waals surface area (Å²) in [7, 11) is 1.30. The molecule has 0 bridgehead atoms. The number of H-pyrrole nitrogens is 1. The zero-order valence-electron chi connectivity index (χ0n) is 24.9. The van der Waals surface area contributed by atoms with E-state index in [1.54, 1.807) is 30.3 Å². The van der Waals surface area contributed by atoms with E-state index < -0.39 is 71.1 Å². The lowest BCUT2D eigenvalue weighted by atomic mass is 10.0. The van der Waals surface area contributed by atoms with E-state index in [-0.39, 0.29) is 36.4 Å². The Kier molecular flexibility index (Phi) is 9.55. The van der Waals surface area contributed by atoms with Gasteiger partial charge < -0.3 is 25.4 Å². The SMILES string of the molecule is CN(CC(=O)N1CC(C(=O)Nc2ccccc2)CC1C#N)C(=O)C(Cc1ccc(F)cc1)NC(=O)c1cc2c(F)cc(F)c(F)c2[nH]1. The van der Waals surface area contributed by atoms with E-state index in [9.17, 15) is 42.0 Å². The zero-order chi connectivity index (χ0) is 33.8.